The van der Waals surface area contributed by atoms with Crippen LogP contribution >= 0.6 is 11.6 Å². The molecule has 1 N–H and O–H groups in total. The third kappa shape index (κ3) is 6.18. The highest BCUT2D eigenvalue weighted by atomic mass is 35.5. The number of hydrogen-bond donors (Lipinski definition) is 1. The number of benzene rings is 4. The molecule has 3 amide bonds. The second-order valence-corrected chi connectivity index (χ2v) is 18.6. The number of halogens is 2. The van der Waals surface area contributed by atoms with Gasteiger partial charge in [-0.05, 0) is 78.7 Å². The molecule has 1 spiro atoms. The normalized spacial score (nSPS) is 24.1. The predicted molar refractivity (Wildman–Crippen MR) is 198 cm³/mol. The number of nitrogens with zero attached hydrogens (tertiary/aromatic N) is 3. The number of para-hydroxylation sites is 1. The second kappa shape index (κ2) is 13.6. The first-order valence-corrected chi connectivity index (χ1v) is 20.6. The largest absolute Gasteiger partial charge is 0.394 e. The zero-order valence-electron chi connectivity index (χ0n) is 28.8. The maximum Gasteiger partial charge on any atom is 0.264 e. The molecule has 3 aliphatic rings. The molecule has 1 saturated heterocycles. The molecule has 51 heavy (non-hydrogen) atoms. The molecule has 0 aromatic heterocycles. The lowest BCUT2D eigenvalue weighted by Gasteiger charge is -2.37. The lowest BCUT2D eigenvalue weighted by Crippen LogP contribution is -2.48. The summed E-state index contributed by atoms with van der Waals surface area (Å²) in [5.74, 6) is -1.16. The number of amides is 3. The van der Waals surface area contributed by atoms with Crippen molar-refractivity contribution in [2.45, 2.75) is 69.2 Å². The zero-order valence-corrected chi connectivity index (χ0v) is 30.6. The van der Waals surface area contributed by atoms with Crippen LogP contribution in [0.3, 0.4) is 0 Å². The topological polar surface area (TPSA) is 90.4 Å². The van der Waals surface area contributed by atoms with Crippen molar-refractivity contribution in [2.75, 3.05) is 16.4 Å². The quantitative estimate of drug-likeness (QED) is 0.111. The highest BCUT2D eigenvalue weighted by Crippen LogP contribution is 2.60. The minimum absolute atomic E-state index is 0.116. The molecule has 4 aromatic rings. The van der Waals surface area contributed by atoms with Crippen LogP contribution < -0.4 is 9.80 Å². The SMILES string of the molecule is C[C@H]1[C@H]([Si](C)(C)F)[C@@H](CC(=O)N2Cc3ccccc3C[C@H]2CO)O[C@]12C(=O)N(Cc1ccc(N(C=O)c3ccccc3)cc1)c1ccc(Cl)cc12. The number of rotatable bonds is 9. The molecule has 4 aromatic carbocycles. The standard InChI is InChI=1S/C40H41ClFN3O5Si/c1-26-38(51(2,3)42)36(21-37(48)43-23-29-10-8-7-9-28(29)19-33(43)24-46)50-40(26)34-20-30(41)15-18-35(34)44(39(40)49)22-27-13-16-32(17-14-27)45(25-47)31-11-5-4-6-12-31/h4-18,20,25-26,33,36,38,46H,19,21-24H2,1-3H3/t26-,33-,36+,38-,40+/m0/s1. The van der Waals surface area contributed by atoms with E-state index in [9.17, 15) is 19.5 Å². The summed E-state index contributed by atoms with van der Waals surface area (Å²) in [5.41, 5.74) is 3.31. The van der Waals surface area contributed by atoms with Gasteiger partial charge in [0.15, 0.2) is 5.60 Å². The molecule has 5 atom stereocenters. The summed E-state index contributed by atoms with van der Waals surface area (Å²) in [6, 6.07) is 29.4. The van der Waals surface area contributed by atoms with Crippen molar-refractivity contribution in [2.24, 2.45) is 5.92 Å². The fraction of sp³-hybridized carbons (Fsp3) is 0.325. The molecule has 0 bridgehead atoms. The fourth-order valence-corrected chi connectivity index (χ4v) is 11.2. The van der Waals surface area contributed by atoms with Gasteiger partial charge >= 0.3 is 0 Å². The number of ether oxygens (including phenoxy) is 1. The third-order valence-electron chi connectivity index (χ3n) is 10.9. The Morgan fingerprint density at radius 3 is 2.35 bits per heavy atom. The molecule has 0 saturated carbocycles. The number of fused-ring (bicyclic) bond motifs is 3. The molecule has 7 rings (SSSR count). The molecule has 3 aliphatic heterocycles. The van der Waals surface area contributed by atoms with E-state index in [1.807, 2.05) is 85.8 Å². The summed E-state index contributed by atoms with van der Waals surface area (Å²) in [6.07, 6.45) is 0.308. The lowest BCUT2D eigenvalue weighted by molar-refractivity contribution is -0.151. The van der Waals surface area contributed by atoms with Crippen molar-refractivity contribution in [3.8, 4) is 0 Å². The number of aliphatic hydroxyl groups is 1. The first-order chi connectivity index (χ1) is 24.5. The molecule has 0 unspecified atom stereocenters. The Balaban J connectivity index is 1.19. The van der Waals surface area contributed by atoms with Gasteiger partial charge in [-0.1, -0.05) is 73.1 Å². The summed E-state index contributed by atoms with van der Waals surface area (Å²) in [5, 5.41) is 10.7. The molecule has 264 valence electrons. The van der Waals surface area contributed by atoms with Crippen LogP contribution in [-0.2, 0) is 44.2 Å². The first-order valence-electron chi connectivity index (χ1n) is 17.3. The van der Waals surface area contributed by atoms with Crippen molar-refractivity contribution in [1.82, 2.24) is 4.90 Å². The van der Waals surface area contributed by atoms with Crippen LogP contribution in [0.5, 0.6) is 0 Å². The molecular weight excluding hydrogens is 685 g/mol. The van der Waals surface area contributed by atoms with Crippen molar-refractivity contribution in [1.29, 1.82) is 0 Å². The van der Waals surface area contributed by atoms with Crippen molar-refractivity contribution in [3.63, 3.8) is 0 Å². The van der Waals surface area contributed by atoms with Gasteiger partial charge in [0.05, 0.1) is 37.4 Å². The van der Waals surface area contributed by atoms with Crippen molar-refractivity contribution in [3.05, 3.63) is 124 Å². The monoisotopic (exact) mass is 725 g/mol. The average Bonchev–Trinajstić information content (AvgIpc) is 3.54. The highest BCUT2D eigenvalue weighted by molar-refractivity contribution is 6.72. The number of anilines is 3. The van der Waals surface area contributed by atoms with Gasteiger partial charge in [-0.3, -0.25) is 19.3 Å². The maximum absolute atomic E-state index is 16.5. The minimum Gasteiger partial charge on any atom is -0.394 e. The smallest absolute Gasteiger partial charge is 0.264 e. The summed E-state index contributed by atoms with van der Waals surface area (Å²) in [4.78, 5) is 45.8. The number of carbonyl (C=O) groups excluding carboxylic acids is 3. The Labute approximate surface area is 303 Å². The van der Waals surface area contributed by atoms with E-state index in [4.69, 9.17) is 16.3 Å². The second-order valence-electron chi connectivity index (χ2n) is 14.3. The van der Waals surface area contributed by atoms with E-state index in [1.54, 1.807) is 46.0 Å². The molecule has 1 fully saturated rings. The van der Waals surface area contributed by atoms with E-state index >= 15 is 4.11 Å². The van der Waals surface area contributed by atoms with E-state index in [2.05, 4.69) is 0 Å². The van der Waals surface area contributed by atoms with Crippen LogP contribution in [-0.4, -0.2) is 55.4 Å². The summed E-state index contributed by atoms with van der Waals surface area (Å²) < 4.78 is 23.3. The van der Waals surface area contributed by atoms with Crippen LogP contribution in [0.15, 0.2) is 97.1 Å². The predicted octanol–water partition coefficient (Wildman–Crippen LogP) is 7.29. The minimum atomic E-state index is -3.53. The fourth-order valence-electron chi connectivity index (χ4n) is 8.51. The average molecular weight is 726 g/mol. The Morgan fingerprint density at radius 2 is 1.69 bits per heavy atom. The molecule has 0 radical (unpaired) electrons. The number of carbonyl (C=O) groups is 3. The van der Waals surface area contributed by atoms with Crippen LogP contribution in [0.4, 0.5) is 21.2 Å². The van der Waals surface area contributed by atoms with E-state index in [0.29, 0.717) is 34.9 Å². The molecular formula is C40H41ClFN3O5Si. The van der Waals surface area contributed by atoms with E-state index < -0.39 is 37.6 Å². The van der Waals surface area contributed by atoms with E-state index in [0.717, 1.165) is 28.8 Å². The van der Waals surface area contributed by atoms with Crippen molar-refractivity contribution < 1.29 is 28.3 Å². The van der Waals surface area contributed by atoms with Gasteiger partial charge in [-0.15, -0.1) is 0 Å². The third-order valence-corrected chi connectivity index (χ3v) is 13.6. The summed E-state index contributed by atoms with van der Waals surface area (Å²) in [6.45, 7) is 5.42. The van der Waals surface area contributed by atoms with Gasteiger partial charge in [-0.25, -0.2) is 0 Å². The number of hydrogen-bond acceptors (Lipinski definition) is 5. The van der Waals surface area contributed by atoms with Crippen LogP contribution in [0.2, 0.25) is 23.7 Å². The number of aliphatic hydroxyl groups excluding tert-OH is 1. The van der Waals surface area contributed by atoms with E-state index in [-0.39, 0.29) is 31.4 Å². The van der Waals surface area contributed by atoms with Gasteiger partial charge < -0.3 is 23.8 Å². The Morgan fingerprint density at radius 1 is 1.02 bits per heavy atom. The van der Waals surface area contributed by atoms with Gasteiger partial charge in [0, 0.05) is 40.0 Å². The molecule has 8 nitrogen and oxygen atoms in total. The lowest BCUT2D eigenvalue weighted by atomic mass is 9.82. The van der Waals surface area contributed by atoms with E-state index in [1.165, 1.54) is 0 Å². The Kier molecular flexibility index (Phi) is 9.39. The highest BCUT2D eigenvalue weighted by Gasteiger charge is 2.67. The van der Waals surface area contributed by atoms with Gasteiger partial charge in [-0.2, -0.15) is 0 Å². The van der Waals surface area contributed by atoms with Crippen molar-refractivity contribution >= 4 is 55.3 Å². The molecule has 11 heteroatoms. The molecule has 3 heterocycles. The Hall–Kier alpha value is -4.35. The van der Waals surface area contributed by atoms with Gasteiger partial charge in [0.2, 0.25) is 20.7 Å². The van der Waals surface area contributed by atoms with Gasteiger partial charge in [0.25, 0.3) is 5.91 Å². The summed E-state index contributed by atoms with van der Waals surface area (Å²) >= 11 is 6.55. The Bertz CT molecular complexity index is 1960. The summed E-state index contributed by atoms with van der Waals surface area (Å²) in [7, 11) is -3.53. The van der Waals surface area contributed by atoms with Crippen LogP contribution in [0.1, 0.15) is 35.6 Å². The first kappa shape index (κ1) is 35.1. The van der Waals surface area contributed by atoms with Crippen LogP contribution in [0.25, 0.3) is 0 Å². The zero-order chi connectivity index (χ0) is 36.1. The maximum atomic E-state index is 16.5. The van der Waals surface area contributed by atoms with Gasteiger partial charge in [0.1, 0.15) is 0 Å². The van der Waals surface area contributed by atoms with Crippen LogP contribution in [0, 0.1) is 5.92 Å². The molecule has 0 aliphatic carbocycles.